The highest BCUT2D eigenvalue weighted by Crippen LogP contribution is 1.93. The molecule has 0 unspecified atom stereocenters. The van der Waals surface area contributed by atoms with Gasteiger partial charge in [-0.2, -0.15) is 0 Å². The molecule has 0 saturated carbocycles. The van der Waals surface area contributed by atoms with Crippen LogP contribution in [0, 0.1) is 0 Å². The minimum absolute atomic E-state index is 1.24. The average molecular weight is 204 g/mol. The van der Waals surface area contributed by atoms with Gasteiger partial charge < -0.3 is 9.80 Å². The summed E-state index contributed by atoms with van der Waals surface area (Å²) in [4.78, 5) is 4.23. The van der Waals surface area contributed by atoms with Gasteiger partial charge >= 0.3 is 0 Å². The minimum atomic E-state index is 1.24. The van der Waals surface area contributed by atoms with Crippen molar-refractivity contribution in [1.82, 2.24) is 9.80 Å². The van der Waals surface area contributed by atoms with Crippen LogP contribution >= 0.6 is 0 Å². The fourth-order valence-electron chi connectivity index (χ4n) is 0.678. The van der Waals surface area contributed by atoms with Gasteiger partial charge in [-0.1, -0.05) is 33.6 Å². The molecule has 0 aliphatic rings. The Morgan fingerprint density at radius 1 is 0.786 bits per heavy atom. The first-order valence-electron chi connectivity index (χ1n) is 5.76. The quantitative estimate of drug-likeness (QED) is 0.650. The second-order valence-corrected chi connectivity index (χ2v) is 3.85. The molecule has 90 valence electrons. The van der Waals surface area contributed by atoms with E-state index in [1.54, 1.807) is 0 Å². The largest absolute Gasteiger partial charge is 0.312 e. The molecule has 0 aromatic rings. The third-order valence-corrected chi connectivity index (χ3v) is 1.21. The zero-order valence-electron chi connectivity index (χ0n) is 11.7. The van der Waals surface area contributed by atoms with Crippen LogP contribution in [-0.2, 0) is 0 Å². The molecule has 0 saturated heterocycles. The van der Waals surface area contributed by atoms with Crippen LogP contribution in [0.3, 0.4) is 0 Å². The Morgan fingerprint density at radius 3 is 1.36 bits per heavy atom. The van der Waals surface area contributed by atoms with Crippen LogP contribution in [0.5, 0.6) is 0 Å². The maximum Gasteiger partial charge on any atom is -0.00248 e. The van der Waals surface area contributed by atoms with Gasteiger partial charge in [0.15, 0.2) is 0 Å². The van der Waals surface area contributed by atoms with E-state index in [1.807, 2.05) is 39.9 Å². The SMILES string of the molecule is CC.CCCCCN(C)C.CN(C)C. The Labute approximate surface area is 92.3 Å². The van der Waals surface area contributed by atoms with Gasteiger partial charge in [-0.05, 0) is 48.2 Å². The molecule has 0 amide bonds. The van der Waals surface area contributed by atoms with Crippen molar-refractivity contribution in [2.45, 2.75) is 40.0 Å². The molecule has 0 radical (unpaired) electrons. The summed E-state index contributed by atoms with van der Waals surface area (Å²) >= 11 is 0. The Hall–Kier alpha value is -0.0800. The Balaban J connectivity index is -0.000000170. The second-order valence-electron chi connectivity index (χ2n) is 3.85. The number of hydrogen-bond donors (Lipinski definition) is 0. The highest BCUT2D eigenvalue weighted by molar-refractivity contribution is 4.42. The predicted octanol–water partition coefficient (Wildman–Crippen LogP) is 2.94. The van der Waals surface area contributed by atoms with Crippen LogP contribution in [-0.4, -0.2) is 51.6 Å². The van der Waals surface area contributed by atoms with Gasteiger partial charge in [0.05, 0.1) is 0 Å². The van der Waals surface area contributed by atoms with E-state index in [-0.39, 0.29) is 0 Å². The third kappa shape index (κ3) is 58.7. The van der Waals surface area contributed by atoms with Gasteiger partial charge in [-0.15, -0.1) is 0 Å². The Kier molecular flexibility index (Phi) is 26.0. The number of hydrogen-bond acceptors (Lipinski definition) is 2. The van der Waals surface area contributed by atoms with Crippen LogP contribution in [0.1, 0.15) is 40.0 Å². The van der Waals surface area contributed by atoms with E-state index < -0.39 is 0 Å². The van der Waals surface area contributed by atoms with E-state index in [9.17, 15) is 0 Å². The molecule has 14 heavy (non-hydrogen) atoms. The molecule has 0 N–H and O–H groups in total. The summed E-state index contributed by atoms with van der Waals surface area (Å²) in [7, 11) is 10.2. The van der Waals surface area contributed by atoms with Crippen LogP contribution < -0.4 is 0 Å². The summed E-state index contributed by atoms with van der Waals surface area (Å²) in [5, 5.41) is 0. The highest BCUT2D eigenvalue weighted by Gasteiger charge is 1.86. The molecule has 0 aromatic heterocycles. The van der Waals surface area contributed by atoms with E-state index >= 15 is 0 Å². The maximum absolute atomic E-state index is 2.23. The van der Waals surface area contributed by atoms with E-state index in [0.29, 0.717) is 0 Å². The number of nitrogens with zero attached hydrogens (tertiary/aromatic N) is 2. The van der Waals surface area contributed by atoms with E-state index in [0.717, 1.165) is 0 Å². The molecule has 0 aliphatic carbocycles. The molecule has 0 fully saturated rings. The molecule has 0 heterocycles. The molecule has 0 rings (SSSR count). The van der Waals surface area contributed by atoms with Crippen LogP contribution in [0.15, 0.2) is 0 Å². The lowest BCUT2D eigenvalue weighted by Crippen LogP contribution is -2.12. The lowest BCUT2D eigenvalue weighted by atomic mass is 10.2. The van der Waals surface area contributed by atoms with Gasteiger partial charge in [-0.25, -0.2) is 0 Å². The Morgan fingerprint density at radius 2 is 1.14 bits per heavy atom. The normalized spacial score (nSPS) is 9.00. The molecule has 0 aliphatic heterocycles. The first kappa shape index (κ1) is 19.5. The van der Waals surface area contributed by atoms with Crippen LogP contribution in [0.2, 0.25) is 0 Å². The smallest absolute Gasteiger partial charge is 0.00248 e. The van der Waals surface area contributed by atoms with Gasteiger partial charge in [0, 0.05) is 0 Å². The van der Waals surface area contributed by atoms with E-state index in [2.05, 4.69) is 25.9 Å². The fraction of sp³-hybridized carbons (Fsp3) is 1.00. The molecular weight excluding hydrogens is 172 g/mol. The second kappa shape index (κ2) is 18.7. The van der Waals surface area contributed by atoms with Gasteiger partial charge in [0.25, 0.3) is 0 Å². The van der Waals surface area contributed by atoms with Crippen molar-refractivity contribution < 1.29 is 0 Å². The maximum atomic E-state index is 2.23. The summed E-state index contributed by atoms with van der Waals surface area (Å²) in [6.45, 7) is 7.48. The number of rotatable bonds is 4. The molecule has 2 heteroatoms. The molecule has 0 spiro atoms. The first-order valence-corrected chi connectivity index (χ1v) is 5.76. The first-order chi connectivity index (χ1) is 6.50. The summed E-state index contributed by atoms with van der Waals surface area (Å²) in [5.41, 5.74) is 0. The average Bonchev–Trinajstić information content (AvgIpc) is 2.07. The summed E-state index contributed by atoms with van der Waals surface area (Å²) in [6, 6.07) is 0. The minimum Gasteiger partial charge on any atom is -0.312 e. The molecule has 0 atom stereocenters. The van der Waals surface area contributed by atoms with Gasteiger partial charge in [0.2, 0.25) is 0 Å². The molecular formula is C12H32N2. The van der Waals surface area contributed by atoms with Gasteiger partial charge in [0.1, 0.15) is 0 Å². The van der Waals surface area contributed by atoms with Gasteiger partial charge in [-0.3, -0.25) is 0 Å². The summed E-state index contributed by atoms with van der Waals surface area (Å²) in [5.74, 6) is 0. The van der Waals surface area contributed by atoms with Crippen molar-refractivity contribution >= 4 is 0 Å². The van der Waals surface area contributed by atoms with Crippen molar-refractivity contribution in [3.63, 3.8) is 0 Å². The summed E-state index contributed by atoms with van der Waals surface area (Å²) < 4.78 is 0. The van der Waals surface area contributed by atoms with Crippen molar-refractivity contribution in [2.24, 2.45) is 0 Å². The lowest BCUT2D eigenvalue weighted by Gasteiger charge is -2.06. The van der Waals surface area contributed by atoms with Crippen LogP contribution in [0.25, 0.3) is 0 Å². The lowest BCUT2D eigenvalue weighted by molar-refractivity contribution is 0.393. The zero-order valence-corrected chi connectivity index (χ0v) is 11.7. The van der Waals surface area contributed by atoms with Crippen LogP contribution in [0.4, 0.5) is 0 Å². The zero-order chi connectivity index (χ0) is 12.0. The van der Waals surface area contributed by atoms with Crippen molar-refractivity contribution in [3.8, 4) is 0 Å². The predicted molar refractivity (Wildman–Crippen MR) is 69.0 cm³/mol. The highest BCUT2D eigenvalue weighted by atomic mass is 15.0. The number of unbranched alkanes of at least 4 members (excludes halogenated alkanes) is 2. The summed E-state index contributed by atoms with van der Waals surface area (Å²) in [6.07, 6.45) is 4.05. The molecule has 2 nitrogen and oxygen atoms in total. The van der Waals surface area contributed by atoms with Crippen molar-refractivity contribution in [2.75, 3.05) is 41.8 Å². The topological polar surface area (TPSA) is 6.48 Å². The van der Waals surface area contributed by atoms with E-state index in [4.69, 9.17) is 0 Å². The standard InChI is InChI=1S/C7H17N.C3H9N.C2H6/c1-4-5-6-7-8(2)3;1-4(2)3;1-2/h4-7H2,1-3H3;1-3H3;1-2H3. The molecule has 0 bridgehead atoms. The van der Waals surface area contributed by atoms with Crippen molar-refractivity contribution in [1.29, 1.82) is 0 Å². The molecule has 0 aromatic carbocycles. The monoisotopic (exact) mass is 204 g/mol. The van der Waals surface area contributed by atoms with Crippen molar-refractivity contribution in [3.05, 3.63) is 0 Å². The van der Waals surface area contributed by atoms with E-state index in [1.165, 1.54) is 25.8 Å². The fourth-order valence-corrected chi connectivity index (χ4v) is 0.678. The third-order valence-electron chi connectivity index (χ3n) is 1.21. The Bertz CT molecular complexity index is 68.0.